The zero-order valence-corrected chi connectivity index (χ0v) is 11.8. The molecule has 0 spiro atoms. The quantitative estimate of drug-likeness (QED) is 0.786. The first-order valence-corrected chi connectivity index (χ1v) is 6.67. The van der Waals surface area contributed by atoms with Gasteiger partial charge in [-0.25, -0.2) is 0 Å². The highest BCUT2D eigenvalue weighted by Crippen LogP contribution is 2.27. The van der Waals surface area contributed by atoms with Crippen molar-refractivity contribution in [1.29, 1.82) is 0 Å². The number of hydrogen-bond acceptors (Lipinski definition) is 2. The topological polar surface area (TPSA) is 34.4 Å². The van der Waals surface area contributed by atoms with Crippen LogP contribution in [0.5, 0.6) is 11.5 Å². The molecular formula is C16H14ClNO2. The van der Waals surface area contributed by atoms with Gasteiger partial charge in [-0.3, -0.25) is 0 Å². The predicted molar refractivity (Wildman–Crippen MR) is 80.4 cm³/mol. The van der Waals surface area contributed by atoms with Crippen LogP contribution in [0.2, 0.25) is 5.02 Å². The summed E-state index contributed by atoms with van der Waals surface area (Å²) >= 11 is 6.19. The maximum atomic E-state index is 9.41. The number of fused-ring (bicyclic) bond motifs is 1. The van der Waals surface area contributed by atoms with Crippen LogP contribution in [0.25, 0.3) is 10.9 Å². The van der Waals surface area contributed by atoms with Gasteiger partial charge in [0.25, 0.3) is 0 Å². The van der Waals surface area contributed by atoms with E-state index in [0.29, 0.717) is 12.4 Å². The number of rotatable bonds is 3. The van der Waals surface area contributed by atoms with Crippen LogP contribution in [0, 0.1) is 0 Å². The number of benzene rings is 2. The van der Waals surface area contributed by atoms with Crippen LogP contribution in [-0.2, 0) is 13.7 Å². The molecule has 0 radical (unpaired) electrons. The minimum Gasteiger partial charge on any atom is -0.508 e. The fourth-order valence-electron chi connectivity index (χ4n) is 2.25. The van der Waals surface area contributed by atoms with Crippen molar-refractivity contribution >= 4 is 22.5 Å². The lowest BCUT2D eigenvalue weighted by molar-refractivity contribution is 0.296. The zero-order chi connectivity index (χ0) is 14.1. The molecule has 1 aromatic heterocycles. The number of aromatic nitrogens is 1. The van der Waals surface area contributed by atoms with Crippen molar-refractivity contribution in [2.75, 3.05) is 0 Å². The summed E-state index contributed by atoms with van der Waals surface area (Å²) in [5.41, 5.74) is 2.10. The molecule has 3 nitrogen and oxygen atoms in total. The van der Waals surface area contributed by atoms with E-state index in [0.717, 1.165) is 21.6 Å². The monoisotopic (exact) mass is 287 g/mol. The van der Waals surface area contributed by atoms with Crippen molar-refractivity contribution in [3.8, 4) is 11.5 Å². The molecule has 0 saturated heterocycles. The fraction of sp³-hybridized carbons (Fsp3) is 0.125. The highest BCUT2D eigenvalue weighted by atomic mass is 35.5. The summed E-state index contributed by atoms with van der Waals surface area (Å²) in [7, 11) is 1.99. The van der Waals surface area contributed by atoms with E-state index in [2.05, 4.69) is 4.57 Å². The molecule has 3 aromatic rings. The lowest BCUT2D eigenvalue weighted by Crippen LogP contribution is -2.01. The van der Waals surface area contributed by atoms with E-state index in [-0.39, 0.29) is 5.75 Å². The van der Waals surface area contributed by atoms with Crippen LogP contribution in [0.3, 0.4) is 0 Å². The van der Waals surface area contributed by atoms with E-state index in [9.17, 15) is 5.11 Å². The second-order valence-corrected chi connectivity index (χ2v) is 5.06. The Bertz CT molecular complexity index is 764. The van der Waals surface area contributed by atoms with Crippen molar-refractivity contribution in [3.05, 3.63) is 59.2 Å². The largest absolute Gasteiger partial charge is 0.508 e. The van der Waals surface area contributed by atoms with Gasteiger partial charge < -0.3 is 14.4 Å². The van der Waals surface area contributed by atoms with Crippen molar-refractivity contribution in [1.82, 2.24) is 4.57 Å². The molecular weight excluding hydrogens is 274 g/mol. The first-order valence-electron chi connectivity index (χ1n) is 6.30. The van der Waals surface area contributed by atoms with Crippen LogP contribution < -0.4 is 4.74 Å². The Morgan fingerprint density at radius 2 is 1.95 bits per heavy atom. The van der Waals surface area contributed by atoms with Gasteiger partial charge in [0.2, 0.25) is 0 Å². The molecule has 0 fully saturated rings. The minimum absolute atomic E-state index is 0.197. The molecule has 1 heterocycles. The summed E-state index contributed by atoms with van der Waals surface area (Å²) in [5.74, 6) is 0.837. The maximum Gasteiger partial charge on any atom is 0.128 e. The van der Waals surface area contributed by atoms with E-state index >= 15 is 0 Å². The number of halogens is 1. The van der Waals surface area contributed by atoms with Crippen molar-refractivity contribution in [3.63, 3.8) is 0 Å². The molecule has 0 atom stereocenters. The molecule has 2 aromatic carbocycles. The zero-order valence-electron chi connectivity index (χ0n) is 11.0. The van der Waals surface area contributed by atoms with E-state index in [4.69, 9.17) is 16.3 Å². The molecule has 0 aliphatic rings. The van der Waals surface area contributed by atoms with Crippen molar-refractivity contribution < 1.29 is 9.84 Å². The normalized spacial score (nSPS) is 10.9. The fourth-order valence-corrected chi connectivity index (χ4v) is 2.47. The lowest BCUT2D eigenvalue weighted by Gasteiger charge is -2.07. The Balaban J connectivity index is 1.88. The third-order valence-electron chi connectivity index (χ3n) is 3.34. The summed E-state index contributed by atoms with van der Waals surface area (Å²) in [6.45, 7) is 0.422. The SMILES string of the molecule is Cn1c(COc2cccc(O)c2)cc2c(Cl)cccc21. The van der Waals surface area contributed by atoms with Crippen LogP contribution in [0.15, 0.2) is 48.5 Å². The molecule has 20 heavy (non-hydrogen) atoms. The average molecular weight is 288 g/mol. The number of aryl methyl sites for hydroxylation is 1. The van der Waals surface area contributed by atoms with Gasteiger partial charge in [0.1, 0.15) is 18.1 Å². The Kier molecular flexibility index (Phi) is 3.28. The molecule has 4 heteroatoms. The Hall–Kier alpha value is -2.13. The van der Waals surface area contributed by atoms with Gasteiger partial charge in [-0.1, -0.05) is 23.7 Å². The standard InChI is InChI=1S/C16H14ClNO2/c1-18-11(8-14-15(17)6-3-7-16(14)18)10-20-13-5-2-4-12(19)9-13/h2-9,19H,10H2,1H3. The highest BCUT2D eigenvalue weighted by Gasteiger charge is 2.08. The van der Waals surface area contributed by atoms with E-state index in [1.807, 2.05) is 37.4 Å². The third-order valence-corrected chi connectivity index (χ3v) is 3.67. The molecule has 102 valence electrons. The highest BCUT2D eigenvalue weighted by molar-refractivity contribution is 6.35. The van der Waals surface area contributed by atoms with Crippen molar-refractivity contribution in [2.45, 2.75) is 6.61 Å². The number of phenols is 1. The summed E-state index contributed by atoms with van der Waals surface area (Å²) in [4.78, 5) is 0. The average Bonchev–Trinajstić information content (AvgIpc) is 2.75. The van der Waals surface area contributed by atoms with E-state index in [1.165, 1.54) is 0 Å². The molecule has 0 saturated carbocycles. The second-order valence-electron chi connectivity index (χ2n) is 4.65. The van der Waals surface area contributed by atoms with Crippen LogP contribution in [0.4, 0.5) is 0 Å². The van der Waals surface area contributed by atoms with Crippen LogP contribution in [-0.4, -0.2) is 9.67 Å². The summed E-state index contributed by atoms with van der Waals surface area (Å²) in [5, 5.41) is 11.2. The number of phenolic OH excluding ortho intramolecular Hbond substituents is 1. The summed E-state index contributed by atoms with van der Waals surface area (Å²) in [6.07, 6.45) is 0. The van der Waals surface area contributed by atoms with Gasteiger partial charge in [0.15, 0.2) is 0 Å². The maximum absolute atomic E-state index is 9.41. The van der Waals surface area contributed by atoms with Gasteiger partial charge in [0.05, 0.1) is 5.69 Å². The summed E-state index contributed by atoms with van der Waals surface area (Å²) in [6, 6.07) is 14.6. The first kappa shape index (κ1) is 12.9. The van der Waals surface area contributed by atoms with E-state index < -0.39 is 0 Å². The van der Waals surface area contributed by atoms with E-state index in [1.54, 1.807) is 18.2 Å². The Labute approximate surface area is 122 Å². The molecule has 0 aliphatic carbocycles. The van der Waals surface area contributed by atoms with Crippen LogP contribution in [0.1, 0.15) is 5.69 Å². The minimum atomic E-state index is 0.197. The van der Waals surface area contributed by atoms with Gasteiger partial charge in [-0.2, -0.15) is 0 Å². The van der Waals surface area contributed by atoms with Gasteiger partial charge in [0, 0.05) is 29.0 Å². The Morgan fingerprint density at radius 3 is 2.70 bits per heavy atom. The van der Waals surface area contributed by atoms with Gasteiger partial charge in [-0.15, -0.1) is 0 Å². The predicted octanol–water partition coefficient (Wildman–Crippen LogP) is 4.12. The number of aromatic hydroxyl groups is 1. The second kappa shape index (κ2) is 5.10. The molecule has 0 unspecified atom stereocenters. The molecule has 3 rings (SSSR count). The van der Waals surface area contributed by atoms with Crippen LogP contribution >= 0.6 is 11.6 Å². The third kappa shape index (κ3) is 2.32. The van der Waals surface area contributed by atoms with Crippen molar-refractivity contribution in [2.24, 2.45) is 7.05 Å². The molecule has 1 N–H and O–H groups in total. The molecule has 0 aliphatic heterocycles. The molecule has 0 amide bonds. The first-order chi connectivity index (χ1) is 9.65. The lowest BCUT2D eigenvalue weighted by atomic mass is 10.2. The van der Waals surface area contributed by atoms with Gasteiger partial charge in [-0.05, 0) is 30.3 Å². The van der Waals surface area contributed by atoms with Gasteiger partial charge >= 0.3 is 0 Å². The smallest absolute Gasteiger partial charge is 0.128 e. The Morgan fingerprint density at radius 1 is 1.15 bits per heavy atom. The molecule has 0 bridgehead atoms. The number of nitrogens with zero attached hydrogens (tertiary/aromatic N) is 1. The number of ether oxygens (including phenoxy) is 1. The summed E-state index contributed by atoms with van der Waals surface area (Å²) < 4.78 is 7.76. The number of hydrogen-bond donors (Lipinski definition) is 1.